The predicted molar refractivity (Wildman–Crippen MR) is 152 cm³/mol. The Morgan fingerprint density at radius 2 is 1.75 bits per heavy atom. The summed E-state index contributed by atoms with van der Waals surface area (Å²) in [4.78, 5) is 33.9. The summed E-state index contributed by atoms with van der Waals surface area (Å²) < 4.78 is 34.0. The third-order valence-electron chi connectivity index (χ3n) is 7.21. The highest BCUT2D eigenvalue weighted by atomic mass is 32.2. The van der Waals surface area contributed by atoms with E-state index in [-0.39, 0.29) is 23.5 Å². The normalized spacial score (nSPS) is 18.8. The van der Waals surface area contributed by atoms with E-state index in [4.69, 9.17) is 19.6 Å². The molecule has 2 aliphatic rings. The summed E-state index contributed by atoms with van der Waals surface area (Å²) in [5.41, 5.74) is 9.06. The van der Waals surface area contributed by atoms with Crippen LogP contribution in [0.2, 0.25) is 0 Å². The van der Waals surface area contributed by atoms with Gasteiger partial charge in [0.25, 0.3) is 5.91 Å². The van der Waals surface area contributed by atoms with Gasteiger partial charge in [-0.1, -0.05) is 30.3 Å². The maximum Gasteiger partial charge on any atom is 0.306 e. The number of carbonyl (C=O) groups is 2. The van der Waals surface area contributed by atoms with Crippen molar-refractivity contribution in [2.45, 2.75) is 25.3 Å². The van der Waals surface area contributed by atoms with Crippen LogP contribution in [0.1, 0.15) is 30.0 Å². The van der Waals surface area contributed by atoms with E-state index in [1.54, 1.807) is 37.1 Å². The minimum absolute atomic E-state index is 0.0347. The molecule has 0 saturated heterocycles. The fourth-order valence-electron chi connectivity index (χ4n) is 5.34. The van der Waals surface area contributed by atoms with Gasteiger partial charge in [-0.05, 0) is 64.9 Å². The molecule has 1 unspecified atom stereocenters. The second-order valence-corrected chi connectivity index (χ2v) is 11.5. The monoisotopic (exact) mass is 562 g/mol. The number of ether oxygens (including phenoxy) is 1. The van der Waals surface area contributed by atoms with Gasteiger partial charge in [0, 0.05) is 32.3 Å². The molecule has 0 fully saturated rings. The minimum Gasteiger partial charge on any atom is -0.497 e. The summed E-state index contributed by atoms with van der Waals surface area (Å²) >= 11 is 0. The summed E-state index contributed by atoms with van der Waals surface area (Å²) in [6.45, 7) is 2.19. The van der Waals surface area contributed by atoms with Crippen molar-refractivity contribution in [3.05, 3.63) is 77.4 Å². The molecule has 0 bridgehead atoms. The maximum atomic E-state index is 13.9. The number of hydrogen-bond donors (Lipinski definition) is 1. The van der Waals surface area contributed by atoms with E-state index in [1.165, 1.54) is 18.1 Å². The van der Waals surface area contributed by atoms with Gasteiger partial charge >= 0.3 is 10.1 Å². The first-order valence-electron chi connectivity index (χ1n) is 12.7. The summed E-state index contributed by atoms with van der Waals surface area (Å²) in [7, 11) is -0.709. The van der Waals surface area contributed by atoms with Crippen molar-refractivity contribution >= 4 is 33.6 Å². The molecule has 0 aliphatic carbocycles. The molecule has 208 valence electrons. The number of amides is 2. The van der Waals surface area contributed by atoms with Crippen LogP contribution < -0.4 is 19.6 Å². The lowest BCUT2D eigenvalue weighted by Gasteiger charge is -2.32. The number of rotatable bonds is 6. The zero-order chi connectivity index (χ0) is 28.8. The number of fused-ring (bicyclic) bond motifs is 1. The molecule has 2 heterocycles. The van der Waals surface area contributed by atoms with Crippen LogP contribution >= 0.6 is 0 Å². The highest BCUT2D eigenvalue weighted by Crippen LogP contribution is 2.43. The molecular formula is C29H30N4O6S. The first-order valence-corrected chi connectivity index (χ1v) is 14.5. The second kappa shape index (κ2) is 9.98. The van der Waals surface area contributed by atoms with Gasteiger partial charge in [0.05, 0.1) is 13.4 Å². The van der Waals surface area contributed by atoms with Crippen molar-refractivity contribution in [3.8, 4) is 22.6 Å². The third kappa shape index (κ3) is 4.77. The van der Waals surface area contributed by atoms with Gasteiger partial charge in [-0.2, -0.15) is 8.42 Å². The van der Waals surface area contributed by atoms with Crippen molar-refractivity contribution in [3.63, 3.8) is 0 Å². The fraction of sp³-hybridized carbons (Fsp3) is 0.276. The Kier molecular flexibility index (Phi) is 6.79. The molecule has 0 spiro atoms. The van der Waals surface area contributed by atoms with Crippen LogP contribution in [-0.4, -0.2) is 58.0 Å². The fourth-order valence-corrected chi connectivity index (χ4v) is 5.78. The number of aliphatic imine (C=N–C) groups is 1. The molecule has 40 heavy (non-hydrogen) atoms. The van der Waals surface area contributed by atoms with Crippen molar-refractivity contribution in [1.29, 1.82) is 0 Å². The van der Waals surface area contributed by atoms with Gasteiger partial charge < -0.3 is 19.6 Å². The highest BCUT2D eigenvalue weighted by molar-refractivity contribution is 7.86. The third-order valence-corrected chi connectivity index (χ3v) is 7.71. The Labute approximate surface area is 233 Å². The lowest BCUT2D eigenvalue weighted by Crippen LogP contribution is -2.41. The number of benzene rings is 3. The van der Waals surface area contributed by atoms with Crippen molar-refractivity contribution in [2.75, 3.05) is 31.9 Å². The molecule has 11 heteroatoms. The minimum atomic E-state index is -3.77. The van der Waals surface area contributed by atoms with Gasteiger partial charge in [-0.15, -0.1) is 0 Å². The Bertz CT molecular complexity index is 1670. The SMILES string of the molecule is COc1cc(OS(C)(=O)=O)cc(-c2cccc(C3(c4ccc5c(c4)CCCN5C(C)=O)N=C(N)N(C)C3=O)c2)c1. The van der Waals surface area contributed by atoms with Gasteiger partial charge in [0.2, 0.25) is 5.91 Å². The van der Waals surface area contributed by atoms with Crippen molar-refractivity contribution in [2.24, 2.45) is 10.7 Å². The van der Waals surface area contributed by atoms with Crippen LogP contribution in [0.5, 0.6) is 11.5 Å². The van der Waals surface area contributed by atoms with Crippen LogP contribution in [0, 0.1) is 0 Å². The molecule has 2 amide bonds. The van der Waals surface area contributed by atoms with E-state index in [1.807, 2.05) is 36.4 Å². The van der Waals surface area contributed by atoms with E-state index in [0.717, 1.165) is 30.3 Å². The predicted octanol–water partition coefficient (Wildman–Crippen LogP) is 3.03. The average Bonchev–Trinajstić information content (AvgIpc) is 3.15. The summed E-state index contributed by atoms with van der Waals surface area (Å²) in [5.74, 6) is 0.241. The largest absolute Gasteiger partial charge is 0.497 e. The zero-order valence-corrected chi connectivity index (χ0v) is 23.5. The average molecular weight is 563 g/mol. The molecule has 2 N–H and O–H groups in total. The number of aryl methyl sites for hydroxylation is 1. The van der Waals surface area contributed by atoms with Gasteiger partial charge in [-0.25, -0.2) is 4.99 Å². The second-order valence-electron chi connectivity index (χ2n) is 9.93. The summed E-state index contributed by atoms with van der Waals surface area (Å²) in [5, 5.41) is 0. The molecular weight excluding hydrogens is 532 g/mol. The number of likely N-dealkylation sites (N-methyl/N-ethyl adjacent to an activating group) is 1. The molecule has 0 saturated carbocycles. The Balaban J connectivity index is 1.67. The van der Waals surface area contributed by atoms with Crippen molar-refractivity contribution < 1.29 is 26.9 Å². The summed E-state index contributed by atoms with van der Waals surface area (Å²) in [6.07, 6.45) is 2.54. The van der Waals surface area contributed by atoms with E-state index >= 15 is 0 Å². The van der Waals surface area contributed by atoms with Crippen LogP contribution in [0.15, 0.2) is 65.7 Å². The number of guanidine groups is 1. The van der Waals surface area contributed by atoms with Crippen LogP contribution in [0.4, 0.5) is 5.69 Å². The first kappa shape index (κ1) is 27.2. The molecule has 1 atom stereocenters. The molecule has 5 rings (SSSR count). The van der Waals surface area contributed by atoms with Gasteiger partial charge in [0.1, 0.15) is 11.5 Å². The van der Waals surface area contributed by atoms with Crippen LogP contribution in [-0.2, 0) is 31.7 Å². The molecule has 3 aromatic carbocycles. The molecule has 10 nitrogen and oxygen atoms in total. The Morgan fingerprint density at radius 3 is 2.40 bits per heavy atom. The smallest absolute Gasteiger partial charge is 0.306 e. The molecule has 2 aliphatic heterocycles. The lowest BCUT2D eigenvalue weighted by atomic mass is 9.80. The first-order chi connectivity index (χ1) is 18.9. The number of methoxy groups -OCH3 is 1. The summed E-state index contributed by atoms with van der Waals surface area (Å²) in [6, 6.07) is 17.7. The Morgan fingerprint density at radius 1 is 1.02 bits per heavy atom. The lowest BCUT2D eigenvalue weighted by molar-refractivity contribution is -0.129. The zero-order valence-electron chi connectivity index (χ0n) is 22.7. The number of nitrogens with two attached hydrogens (primary N) is 1. The maximum absolute atomic E-state index is 13.9. The number of hydrogen-bond acceptors (Lipinski definition) is 8. The number of nitrogens with zero attached hydrogens (tertiary/aromatic N) is 3. The number of carbonyl (C=O) groups excluding carboxylic acids is 2. The van der Waals surface area contributed by atoms with E-state index < -0.39 is 15.7 Å². The van der Waals surface area contributed by atoms with E-state index in [2.05, 4.69) is 0 Å². The number of anilines is 1. The van der Waals surface area contributed by atoms with E-state index in [9.17, 15) is 18.0 Å². The molecule has 0 radical (unpaired) electrons. The van der Waals surface area contributed by atoms with Gasteiger partial charge in [0.15, 0.2) is 11.5 Å². The van der Waals surface area contributed by atoms with Crippen LogP contribution in [0.25, 0.3) is 11.1 Å². The topological polar surface area (TPSA) is 132 Å². The Hall–Kier alpha value is -4.38. The highest BCUT2D eigenvalue weighted by Gasteiger charge is 2.50. The van der Waals surface area contributed by atoms with Crippen LogP contribution in [0.3, 0.4) is 0 Å². The van der Waals surface area contributed by atoms with Gasteiger partial charge in [-0.3, -0.25) is 14.5 Å². The quantitative estimate of drug-likeness (QED) is 0.457. The standard InChI is InChI=1S/C29H30N4O6S/c1-18(34)33-12-6-8-20-14-23(10-11-26(20)33)29(27(35)32(2)28(30)31-29)22-9-5-7-19(13-22)21-15-24(38-3)17-25(16-21)39-40(4,36)37/h5,7,9-11,13-17H,6,8,12H2,1-4H3,(H2,30,31). The molecule has 3 aromatic rings. The van der Waals surface area contributed by atoms with Crippen molar-refractivity contribution in [1.82, 2.24) is 4.90 Å². The van der Waals surface area contributed by atoms with E-state index in [0.29, 0.717) is 34.5 Å². The molecule has 0 aromatic heterocycles.